The second-order valence-corrected chi connectivity index (χ2v) is 3.95. The molecule has 0 aliphatic carbocycles. The summed E-state index contributed by atoms with van der Waals surface area (Å²) in [6, 6.07) is 2.95. The fourth-order valence-corrected chi connectivity index (χ4v) is 1.70. The van der Waals surface area contributed by atoms with E-state index in [1.807, 2.05) is 0 Å². The van der Waals surface area contributed by atoms with Crippen molar-refractivity contribution in [2.24, 2.45) is 0 Å². The number of methoxy groups -OCH3 is 1. The summed E-state index contributed by atoms with van der Waals surface area (Å²) >= 11 is 3.27. The second-order valence-electron chi connectivity index (χ2n) is 3.09. The largest absolute Gasteiger partial charge is 0.495 e. The molecule has 1 unspecified atom stereocenters. The zero-order chi connectivity index (χ0) is 10.7. The van der Waals surface area contributed by atoms with E-state index in [0.29, 0.717) is 15.8 Å². The molecule has 0 aliphatic rings. The fraction of sp³-hybridized carbons (Fsp3) is 0.400. The van der Waals surface area contributed by atoms with Gasteiger partial charge in [0.25, 0.3) is 0 Å². The average Bonchev–Trinajstić information content (AvgIpc) is 2.19. The summed E-state index contributed by atoms with van der Waals surface area (Å²) in [4.78, 5) is 0. The Hall–Kier alpha value is -0.610. The number of aliphatic hydroxyl groups is 1. The lowest BCUT2D eigenvalue weighted by Gasteiger charge is -2.12. The van der Waals surface area contributed by atoms with Crippen LogP contribution in [0.4, 0.5) is 4.39 Å². The summed E-state index contributed by atoms with van der Waals surface area (Å²) < 4.78 is 19.1. The van der Waals surface area contributed by atoms with Gasteiger partial charge < -0.3 is 9.84 Å². The number of hydrogen-bond donors (Lipinski definition) is 1. The Bertz CT molecular complexity index is 328. The molecule has 1 aromatic rings. The molecule has 0 aromatic heterocycles. The predicted octanol–water partition coefficient (Wildman–Crippen LogP) is 2.69. The van der Waals surface area contributed by atoms with E-state index in [1.165, 1.54) is 13.2 Å². The molecule has 4 heteroatoms. The van der Waals surface area contributed by atoms with Gasteiger partial charge >= 0.3 is 0 Å². The van der Waals surface area contributed by atoms with Crippen LogP contribution in [0.2, 0.25) is 0 Å². The number of aliphatic hydroxyl groups excluding tert-OH is 1. The first-order valence-corrected chi connectivity index (χ1v) is 5.03. The topological polar surface area (TPSA) is 29.5 Å². The fourth-order valence-electron chi connectivity index (χ4n) is 1.18. The van der Waals surface area contributed by atoms with E-state index in [1.54, 1.807) is 13.0 Å². The average molecular weight is 263 g/mol. The molecule has 0 heterocycles. The van der Waals surface area contributed by atoms with Gasteiger partial charge in [-0.3, -0.25) is 0 Å². The third-order valence-electron chi connectivity index (χ3n) is 2.08. The smallest absolute Gasteiger partial charge is 0.135 e. The van der Waals surface area contributed by atoms with Crippen LogP contribution < -0.4 is 4.74 Å². The highest BCUT2D eigenvalue weighted by Crippen LogP contribution is 2.30. The van der Waals surface area contributed by atoms with Crippen LogP contribution in [-0.2, 0) is 0 Å². The maximum absolute atomic E-state index is 13.4. The van der Waals surface area contributed by atoms with Gasteiger partial charge in [-0.1, -0.05) is 6.92 Å². The lowest BCUT2D eigenvalue weighted by Crippen LogP contribution is -2.02. The van der Waals surface area contributed by atoms with Crippen LogP contribution in [0.15, 0.2) is 16.6 Å². The van der Waals surface area contributed by atoms with E-state index < -0.39 is 0 Å². The first kappa shape index (κ1) is 11.5. The van der Waals surface area contributed by atoms with Gasteiger partial charge in [0, 0.05) is 18.6 Å². The molecule has 0 saturated heterocycles. The monoisotopic (exact) mass is 262 g/mol. The van der Waals surface area contributed by atoms with Gasteiger partial charge in [-0.15, -0.1) is 0 Å². The van der Waals surface area contributed by atoms with E-state index in [-0.39, 0.29) is 18.3 Å². The number of benzene rings is 1. The Kier molecular flexibility index (Phi) is 3.89. The zero-order valence-corrected chi connectivity index (χ0v) is 9.64. The number of hydrogen-bond acceptors (Lipinski definition) is 2. The molecule has 0 aliphatic heterocycles. The van der Waals surface area contributed by atoms with E-state index in [0.717, 1.165) is 0 Å². The van der Waals surface area contributed by atoms with Crippen molar-refractivity contribution in [1.29, 1.82) is 0 Å². The lowest BCUT2D eigenvalue weighted by atomic mass is 10.0. The minimum Gasteiger partial charge on any atom is -0.495 e. The first-order valence-electron chi connectivity index (χ1n) is 4.24. The Morgan fingerprint density at radius 3 is 2.71 bits per heavy atom. The Morgan fingerprint density at radius 1 is 1.57 bits per heavy atom. The minimum atomic E-state index is -0.355. The van der Waals surface area contributed by atoms with Crippen LogP contribution in [0.1, 0.15) is 18.4 Å². The highest BCUT2D eigenvalue weighted by molar-refractivity contribution is 9.10. The van der Waals surface area contributed by atoms with Crippen LogP contribution >= 0.6 is 15.9 Å². The molecule has 0 spiro atoms. The third-order valence-corrected chi connectivity index (χ3v) is 2.70. The van der Waals surface area contributed by atoms with Crippen LogP contribution in [0, 0.1) is 5.82 Å². The van der Waals surface area contributed by atoms with Crippen LogP contribution in [0.5, 0.6) is 5.75 Å². The van der Waals surface area contributed by atoms with Crippen LogP contribution in [0.3, 0.4) is 0 Å². The van der Waals surface area contributed by atoms with Crippen molar-refractivity contribution in [3.05, 3.63) is 28.0 Å². The standard InChI is InChI=1S/C10H12BrFO2/c1-6(5-13)7-3-8(11)10(14-2)4-9(7)12/h3-4,6,13H,5H2,1-2H3. The molecule has 0 saturated carbocycles. The third kappa shape index (κ3) is 2.25. The highest BCUT2D eigenvalue weighted by atomic mass is 79.9. The molecule has 1 aromatic carbocycles. The molecule has 1 N–H and O–H groups in total. The number of rotatable bonds is 3. The summed E-state index contributed by atoms with van der Waals surface area (Å²) in [5.41, 5.74) is 0.486. The van der Waals surface area contributed by atoms with Crippen molar-refractivity contribution in [2.75, 3.05) is 13.7 Å². The maximum Gasteiger partial charge on any atom is 0.135 e. The Balaban J connectivity index is 3.14. The minimum absolute atomic E-state index is 0.0737. The van der Waals surface area contributed by atoms with E-state index >= 15 is 0 Å². The summed E-state index contributed by atoms with van der Waals surface area (Å²) in [7, 11) is 1.48. The summed E-state index contributed by atoms with van der Waals surface area (Å²) in [5.74, 6) is -0.111. The molecule has 0 amide bonds. The van der Waals surface area contributed by atoms with Gasteiger partial charge in [0.2, 0.25) is 0 Å². The van der Waals surface area contributed by atoms with Gasteiger partial charge in [-0.2, -0.15) is 0 Å². The van der Waals surface area contributed by atoms with Crippen molar-refractivity contribution in [3.63, 3.8) is 0 Å². The Morgan fingerprint density at radius 2 is 2.21 bits per heavy atom. The molecule has 0 bridgehead atoms. The lowest BCUT2D eigenvalue weighted by molar-refractivity contribution is 0.270. The number of ether oxygens (including phenoxy) is 1. The van der Waals surface area contributed by atoms with Gasteiger partial charge in [-0.25, -0.2) is 4.39 Å². The molecule has 14 heavy (non-hydrogen) atoms. The maximum atomic E-state index is 13.4. The molecule has 0 fully saturated rings. The molecule has 78 valence electrons. The van der Waals surface area contributed by atoms with Gasteiger partial charge in [0.1, 0.15) is 11.6 Å². The van der Waals surface area contributed by atoms with Gasteiger partial charge in [0.15, 0.2) is 0 Å². The SMILES string of the molecule is COc1cc(F)c(C(C)CO)cc1Br. The first-order chi connectivity index (χ1) is 6.60. The van der Waals surface area contributed by atoms with E-state index in [9.17, 15) is 4.39 Å². The molecule has 0 radical (unpaired) electrons. The van der Waals surface area contributed by atoms with Crippen molar-refractivity contribution < 1.29 is 14.2 Å². The molecule has 2 nitrogen and oxygen atoms in total. The molecule has 1 atom stereocenters. The van der Waals surface area contributed by atoms with Crippen LogP contribution in [0.25, 0.3) is 0 Å². The molecular weight excluding hydrogens is 251 g/mol. The van der Waals surface area contributed by atoms with Crippen molar-refractivity contribution in [3.8, 4) is 5.75 Å². The van der Waals surface area contributed by atoms with Gasteiger partial charge in [-0.05, 0) is 27.6 Å². The Labute approximate surface area is 90.8 Å². The highest BCUT2D eigenvalue weighted by Gasteiger charge is 2.13. The van der Waals surface area contributed by atoms with E-state index in [2.05, 4.69) is 15.9 Å². The summed E-state index contributed by atoms with van der Waals surface area (Å²) in [5, 5.41) is 8.92. The number of halogens is 2. The normalized spacial score (nSPS) is 12.6. The molecular formula is C10H12BrFO2. The molecule has 1 rings (SSSR count). The van der Waals surface area contributed by atoms with Crippen LogP contribution in [-0.4, -0.2) is 18.8 Å². The summed E-state index contributed by atoms with van der Waals surface area (Å²) in [6.07, 6.45) is 0. The predicted molar refractivity (Wildman–Crippen MR) is 56.2 cm³/mol. The van der Waals surface area contributed by atoms with Crippen molar-refractivity contribution in [2.45, 2.75) is 12.8 Å². The van der Waals surface area contributed by atoms with Crippen molar-refractivity contribution in [1.82, 2.24) is 0 Å². The van der Waals surface area contributed by atoms with Gasteiger partial charge in [0.05, 0.1) is 11.6 Å². The summed E-state index contributed by atoms with van der Waals surface area (Å²) in [6.45, 7) is 1.69. The second kappa shape index (κ2) is 4.75. The zero-order valence-electron chi connectivity index (χ0n) is 8.05. The van der Waals surface area contributed by atoms with E-state index in [4.69, 9.17) is 9.84 Å². The quantitative estimate of drug-likeness (QED) is 0.908. The van der Waals surface area contributed by atoms with Crippen molar-refractivity contribution >= 4 is 15.9 Å².